The van der Waals surface area contributed by atoms with Crippen molar-refractivity contribution in [1.29, 1.82) is 0 Å². The topological polar surface area (TPSA) is 29.5 Å². The minimum absolute atomic E-state index is 0.481. The molecule has 0 radical (unpaired) electrons. The third kappa shape index (κ3) is 1.71. The monoisotopic (exact) mass is 186 g/mol. The summed E-state index contributed by atoms with van der Waals surface area (Å²) in [5.74, 6) is 0.593. The molecule has 0 aliphatic rings. The van der Waals surface area contributed by atoms with Crippen molar-refractivity contribution in [3.05, 3.63) is 28.8 Å². The molecule has 0 heterocycles. The maximum atomic E-state index is 9.28. The van der Waals surface area contributed by atoms with Gasteiger partial charge in [-0.3, -0.25) is 0 Å². The van der Waals surface area contributed by atoms with Crippen molar-refractivity contribution < 1.29 is 9.84 Å². The van der Waals surface area contributed by atoms with Gasteiger partial charge in [0.2, 0.25) is 0 Å². The first-order valence-corrected chi connectivity index (χ1v) is 4.05. The third-order valence-electron chi connectivity index (χ3n) is 1.66. The molecule has 1 rings (SSSR count). The van der Waals surface area contributed by atoms with Gasteiger partial charge in [-0.25, -0.2) is 0 Å². The van der Waals surface area contributed by atoms with Gasteiger partial charge in [-0.2, -0.15) is 0 Å². The van der Waals surface area contributed by atoms with E-state index >= 15 is 0 Å². The Morgan fingerprint density at radius 3 is 2.67 bits per heavy atom. The second-order valence-corrected chi connectivity index (χ2v) is 2.92. The molecule has 1 aromatic rings. The molecule has 0 bridgehead atoms. The molecular weight excluding hydrogens is 176 g/mol. The van der Waals surface area contributed by atoms with Gasteiger partial charge in [-0.1, -0.05) is 23.7 Å². The number of ether oxygens (including phenoxy) is 1. The van der Waals surface area contributed by atoms with E-state index in [1.54, 1.807) is 32.2 Å². The minimum Gasteiger partial charge on any atom is -0.495 e. The normalized spacial score (nSPS) is 12.7. The summed E-state index contributed by atoms with van der Waals surface area (Å²) >= 11 is 5.92. The van der Waals surface area contributed by atoms with Crippen molar-refractivity contribution in [1.82, 2.24) is 0 Å². The lowest BCUT2D eigenvalue weighted by atomic mass is 10.1. The van der Waals surface area contributed by atoms with Crippen LogP contribution in [0.2, 0.25) is 5.02 Å². The minimum atomic E-state index is -0.562. The number of aliphatic hydroxyl groups excluding tert-OH is 1. The van der Waals surface area contributed by atoms with E-state index in [0.717, 1.165) is 0 Å². The van der Waals surface area contributed by atoms with Crippen molar-refractivity contribution in [3.63, 3.8) is 0 Å². The van der Waals surface area contributed by atoms with E-state index in [4.69, 9.17) is 16.3 Å². The Kier molecular flexibility index (Phi) is 2.95. The zero-order valence-corrected chi connectivity index (χ0v) is 7.80. The molecule has 0 unspecified atom stereocenters. The molecule has 0 fully saturated rings. The second-order valence-electron chi connectivity index (χ2n) is 2.54. The fourth-order valence-electron chi connectivity index (χ4n) is 1.01. The van der Waals surface area contributed by atoms with Crippen molar-refractivity contribution >= 4 is 11.6 Å². The summed E-state index contributed by atoms with van der Waals surface area (Å²) in [7, 11) is 1.55. The predicted octanol–water partition coefficient (Wildman–Crippen LogP) is 2.40. The van der Waals surface area contributed by atoms with Gasteiger partial charge in [0.25, 0.3) is 0 Å². The molecule has 0 saturated heterocycles. The van der Waals surface area contributed by atoms with Crippen LogP contribution >= 0.6 is 11.6 Å². The number of halogens is 1. The number of methoxy groups -OCH3 is 1. The molecule has 1 N–H and O–H groups in total. The van der Waals surface area contributed by atoms with Gasteiger partial charge in [0.1, 0.15) is 5.75 Å². The third-order valence-corrected chi connectivity index (χ3v) is 2.07. The number of hydrogen-bond acceptors (Lipinski definition) is 2. The van der Waals surface area contributed by atoms with Crippen molar-refractivity contribution in [2.24, 2.45) is 0 Å². The average Bonchev–Trinajstić information content (AvgIpc) is 2.04. The van der Waals surface area contributed by atoms with Gasteiger partial charge < -0.3 is 9.84 Å². The molecule has 2 nitrogen and oxygen atoms in total. The Balaban J connectivity index is 3.14. The Hall–Kier alpha value is -0.730. The van der Waals surface area contributed by atoms with Gasteiger partial charge in [0.15, 0.2) is 0 Å². The van der Waals surface area contributed by atoms with Crippen LogP contribution in [-0.4, -0.2) is 12.2 Å². The standard InChI is InChI=1S/C9H11ClO2/c1-6(11)7-4-3-5-8(12-2)9(7)10/h3-6,11H,1-2H3/t6-/m1/s1. The molecule has 66 valence electrons. The van der Waals surface area contributed by atoms with Gasteiger partial charge >= 0.3 is 0 Å². The summed E-state index contributed by atoms with van der Waals surface area (Å²) in [5.41, 5.74) is 0.691. The zero-order valence-electron chi connectivity index (χ0n) is 7.04. The lowest BCUT2D eigenvalue weighted by Gasteiger charge is -2.09. The quantitative estimate of drug-likeness (QED) is 0.769. The van der Waals surface area contributed by atoms with E-state index in [2.05, 4.69) is 0 Å². The maximum absolute atomic E-state index is 9.28. The molecule has 0 aliphatic carbocycles. The van der Waals surface area contributed by atoms with E-state index in [9.17, 15) is 5.11 Å². The molecular formula is C9H11ClO2. The van der Waals surface area contributed by atoms with Crippen LogP contribution < -0.4 is 4.74 Å². The summed E-state index contributed by atoms with van der Waals surface area (Å²) in [6.45, 7) is 1.67. The van der Waals surface area contributed by atoms with Crippen LogP contribution in [0.15, 0.2) is 18.2 Å². The number of aliphatic hydroxyl groups is 1. The molecule has 0 aliphatic heterocycles. The van der Waals surface area contributed by atoms with Crippen LogP contribution in [0, 0.1) is 0 Å². The fraction of sp³-hybridized carbons (Fsp3) is 0.333. The van der Waals surface area contributed by atoms with Crippen molar-refractivity contribution in [2.75, 3.05) is 7.11 Å². The van der Waals surface area contributed by atoms with Crippen LogP contribution in [-0.2, 0) is 0 Å². The highest BCUT2D eigenvalue weighted by atomic mass is 35.5. The van der Waals surface area contributed by atoms with E-state index < -0.39 is 6.10 Å². The number of benzene rings is 1. The molecule has 0 amide bonds. The van der Waals surface area contributed by atoms with Crippen LogP contribution in [0.25, 0.3) is 0 Å². The molecule has 3 heteroatoms. The first kappa shape index (κ1) is 9.36. The highest BCUT2D eigenvalue weighted by Gasteiger charge is 2.09. The largest absolute Gasteiger partial charge is 0.495 e. The molecule has 1 atom stereocenters. The van der Waals surface area contributed by atoms with E-state index in [0.29, 0.717) is 16.3 Å². The fourth-order valence-corrected chi connectivity index (χ4v) is 1.37. The first-order valence-electron chi connectivity index (χ1n) is 3.67. The van der Waals surface area contributed by atoms with Gasteiger partial charge in [0, 0.05) is 5.56 Å². The maximum Gasteiger partial charge on any atom is 0.137 e. The Morgan fingerprint density at radius 2 is 2.17 bits per heavy atom. The molecule has 0 aromatic heterocycles. The Labute approximate surface area is 76.7 Å². The average molecular weight is 187 g/mol. The smallest absolute Gasteiger partial charge is 0.137 e. The number of hydrogen-bond donors (Lipinski definition) is 1. The van der Waals surface area contributed by atoms with E-state index in [1.807, 2.05) is 0 Å². The Morgan fingerprint density at radius 1 is 1.50 bits per heavy atom. The summed E-state index contributed by atoms with van der Waals surface area (Å²) in [6, 6.07) is 5.33. The van der Waals surface area contributed by atoms with E-state index in [-0.39, 0.29) is 0 Å². The molecule has 0 saturated carbocycles. The SMILES string of the molecule is COc1cccc([C@@H](C)O)c1Cl. The first-order chi connectivity index (χ1) is 5.66. The predicted molar refractivity (Wildman–Crippen MR) is 48.6 cm³/mol. The highest BCUT2D eigenvalue weighted by Crippen LogP contribution is 2.31. The zero-order chi connectivity index (χ0) is 9.14. The summed E-state index contributed by atoms with van der Waals surface area (Å²) in [4.78, 5) is 0. The lowest BCUT2D eigenvalue weighted by molar-refractivity contribution is 0.199. The summed E-state index contributed by atoms with van der Waals surface area (Å²) < 4.78 is 4.99. The van der Waals surface area contributed by atoms with Crippen molar-refractivity contribution in [2.45, 2.75) is 13.0 Å². The van der Waals surface area contributed by atoms with Crippen LogP contribution in [0.3, 0.4) is 0 Å². The van der Waals surface area contributed by atoms with Gasteiger partial charge in [0.05, 0.1) is 18.2 Å². The van der Waals surface area contributed by atoms with Crippen LogP contribution in [0.1, 0.15) is 18.6 Å². The molecule has 0 spiro atoms. The van der Waals surface area contributed by atoms with Crippen LogP contribution in [0.4, 0.5) is 0 Å². The Bertz CT molecular complexity index is 271. The van der Waals surface area contributed by atoms with Gasteiger partial charge in [-0.15, -0.1) is 0 Å². The second kappa shape index (κ2) is 3.78. The summed E-state index contributed by atoms with van der Waals surface area (Å²) in [6.07, 6.45) is -0.562. The highest BCUT2D eigenvalue weighted by molar-refractivity contribution is 6.32. The number of rotatable bonds is 2. The molecule has 12 heavy (non-hydrogen) atoms. The van der Waals surface area contributed by atoms with E-state index in [1.165, 1.54) is 0 Å². The molecule has 1 aromatic carbocycles. The lowest BCUT2D eigenvalue weighted by Crippen LogP contribution is -1.94. The van der Waals surface area contributed by atoms with Gasteiger partial charge in [-0.05, 0) is 13.0 Å². The summed E-state index contributed by atoms with van der Waals surface area (Å²) in [5, 5.41) is 9.77. The van der Waals surface area contributed by atoms with Crippen molar-refractivity contribution in [3.8, 4) is 5.75 Å². The van der Waals surface area contributed by atoms with Crippen LogP contribution in [0.5, 0.6) is 5.75 Å².